The van der Waals surface area contributed by atoms with Gasteiger partial charge >= 0.3 is 0 Å². The van der Waals surface area contributed by atoms with E-state index < -0.39 is 0 Å². The summed E-state index contributed by atoms with van der Waals surface area (Å²) in [5, 5.41) is 23.3. The van der Waals surface area contributed by atoms with Gasteiger partial charge in [-0.05, 0) is 28.1 Å². The van der Waals surface area contributed by atoms with Gasteiger partial charge in [0.15, 0.2) is 5.82 Å². The van der Waals surface area contributed by atoms with Crippen molar-refractivity contribution in [2.75, 3.05) is 5.32 Å². The largest absolute Gasteiger partial charge is 0.381 e. The lowest BCUT2D eigenvalue weighted by Crippen LogP contribution is -2.01. The van der Waals surface area contributed by atoms with Gasteiger partial charge in [0, 0.05) is 30.2 Å². The molecule has 0 amide bonds. The van der Waals surface area contributed by atoms with E-state index in [0.29, 0.717) is 6.54 Å². The van der Waals surface area contributed by atoms with E-state index in [0.717, 1.165) is 28.0 Å². The average Bonchev–Trinajstić information content (AvgIpc) is 3.22. The van der Waals surface area contributed by atoms with Crippen LogP contribution in [0.3, 0.4) is 0 Å². The molecule has 4 aromatic rings. The maximum atomic E-state index is 4.10. The number of hydrogen-bond acceptors (Lipinski definition) is 5. The first-order valence-corrected chi connectivity index (χ1v) is 7.29. The van der Waals surface area contributed by atoms with Crippen LogP contribution in [0, 0.1) is 0 Å². The number of tetrazole rings is 1. The highest BCUT2D eigenvalue weighted by Gasteiger charge is 2.07. The van der Waals surface area contributed by atoms with E-state index in [2.05, 4.69) is 37.1 Å². The predicted octanol–water partition coefficient (Wildman–Crippen LogP) is 2.37. The van der Waals surface area contributed by atoms with Crippen LogP contribution in [0.5, 0.6) is 0 Å². The number of aryl methyl sites for hydroxylation is 1. The van der Waals surface area contributed by atoms with E-state index in [9.17, 15) is 0 Å². The molecular weight excluding hydrogens is 290 g/mol. The summed E-state index contributed by atoms with van der Waals surface area (Å²) < 4.78 is 1.66. The van der Waals surface area contributed by atoms with Crippen molar-refractivity contribution in [1.29, 1.82) is 0 Å². The molecule has 0 saturated carbocycles. The predicted molar refractivity (Wildman–Crippen MR) is 87.7 cm³/mol. The Labute approximate surface area is 132 Å². The van der Waals surface area contributed by atoms with Gasteiger partial charge in [0.25, 0.3) is 0 Å². The number of benzene rings is 2. The maximum absolute atomic E-state index is 4.10. The number of anilines is 1. The molecule has 2 aromatic carbocycles. The number of aromatic nitrogens is 6. The van der Waals surface area contributed by atoms with Gasteiger partial charge in [-0.3, -0.25) is 5.10 Å². The molecule has 2 aromatic heterocycles. The molecule has 0 fully saturated rings. The number of nitrogens with one attached hydrogen (secondary N) is 2. The molecule has 0 aliphatic heterocycles. The Hall–Kier alpha value is -3.22. The lowest BCUT2D eigenvalue weighted by atomic mass is 10.1. The number of hydrogen-bond donors (Lipinski definition) is 2. The average molecular weight is 305 g/mol. The Morgan fingerprint density at radius 1 is 1.17 bits per heavy atom. The van der Waals surface area contributed by atoms with Gasteiger partial charge in [-0.2, -0.15) is 5.10 Å². The van der Waals surface area contributed by atoms with Crippen LogP contribution in [-0.4, -0.2) is 30.4 Å². The third-order valence-electron chi connectivity index (χ3n) is 3.79. The van der Waals surface area contributed by atoms with E-state index in [1.165, 1.54) is 5.56 Å². The molecule has 0 aliphatic carbocycles. The number of rotatable bonds is 4. The summed E-state index contributed by atoms with van der Waals surface area (Å²) in [4.78, 5) is 0. The third kappa shape index (κ3) is 2.52. The normalized spacial score (nSPS) is 11.0. The Bertz CT molecular complexity index is 954. The van der Waals surface area contributed by atoms with Crippen molar-refractivity contribution in [3.8, 4) is 11.4 Å². The highest BCUT2D eigenvalue weighted by molar-refractivity contribution is 5.81. The highest BCUT2D eigenvalue weighted by atomic mass is 15.5. The van der Waals surface area contributed by atoms with Crippen LogP contribution in [0.15, 0.2) is 48.7 Å². The van der Waals surface area contributed by atoms with Crippen LogP contribution in [0.1, 0.15) is 5.56 Å². The molecular formula is C16H15N7. The second-order valence-electron chi connectivity index (χ2n) is 5.31. The van der Waals surface area contributed by atoms with Gasteiger partial charge in [-0.25, -0.2) is 4.68 Å². The molecule has 114 valence electrons. The third-order valence-corrected chi connectivity index (χ3v) is 3.79. The first-order valence-electron chi connectivity index (χ1n) is 7.29. The number of para-hydroxylation sites is 1. The monoisotopic (exact) mass is 305 g/mol. The standard InChI is InChI=1S/C16H15N7/c1-23-16(20-21-22-23)11-4-3-7-14(8-11)17-9-12-5-2-6-13-10-18-19-15(12)13/h2-8,10,17H,9H2,1H3,(H,18,19). The zero-order valence-electron chi connectivity index (χ0n) is 12.6. The van der Waals surface area contributed by atoms with Crippen LogP contribution in [0.25, 0.3) is 22.3 Å². The summed E-state index contributed by atoms with van der Waals surface area (Å²) in [6.45, 7) is 0.708. The fourth-order valence-electron chi connectivity index (χ4n) is 2.62. The number of nitrogens with zero attached hydrogens (tertiary/aromatic N) is 5. The topological polar surface area (TPSA) is 84.3 Å². The Morgan fingerprint density at radius 3 is 2.96 bits per heavy atom. The molecule has 0 atom stereocenters. The van der Waals surface area contributed by atoms with E-state index in [-0.39, 0.29) is 0 Å². The number of H-pyrrole nitrogens is 1. The first kappa shape index (κ1) is 13.4. The van der Waals surface area contributed by atoms with E-state index >= 15 is 0 Å². The molecule has 7 heteroatoms. The van der Waals surface area contributed by atoms with Crippen molar-refractivity contribution in [2.24, 2.45) is 7.05 Å². The molecule has 0 bridgehead atoms. The quantitative estimate of drug-likeness (QED) is 0.604. The molecule has 7 nitrogen and oxygen atoms in total. The van der Waals surface area contributed by atoms with E-state index in [1.807, 2.05) is 49.6 Å². The maximum Gasteiger partial charge on any atom is 0.181 e. The van der Waals surface area contributed by atoms with E-state index in [4.69, 9.17) is 0 Å². The summed E-state index contributed by atoms with van der Waals surface area (Å²) >= 11 is 0. The Kier molecular flexibility index (Phi) is 3.23. The van der Waals surface area contributed by atoms with Crippen molar-refractivity contribution in [3.63, 3.8) is 0 Å². The molecule has 0 spiro atoms. The smallest absolute Gasteiger partial charge is 0.181 e. The second kappa shape index (κ2) is 5.53. The number of aromatic amines is 1. The van der Waals surface area contributed by atoms with Gasteiger partial charge in [0.1, 0.15) is 0 Å². The van der Waals surface area contributed by atoms with Crippen molar-refractivity contribution in [3.05, 3.63) is 54.2 Å². The van der Waals surface area contributed by atoms with Gasteiger partial charge in [-0.1, -0.05) is 30.3 Å². The van der Waals surface area contributed by atoms with Crippen LogP contribution in [-0.2, 0) is 13.6 Å². The zero-order chi connectivity index (χ0) is 15.6. The minimum atomic E-state index is 0.708. The molecule has 2 heterocycles. The van der Waals surface area contributed by atoms with Crippen LogP contribution in [0.4, 0.5) is 5.69 Å². The summed E-state index contributed by atoms with van der Waals surface area (Å²) in [5.74, 6) is 0.740. The second-order valence-corrected chi connectivity index (χ2v) is 5.31. The fraction of sp³-hybridized carbons (Fsp3) is 0.125. The Balaban J connectivity index is 1.58. The van der Waals surface area contributed by atoms with Gasteiger partial charge in [-0.15, -0.1) is 5.10 Å². The van der Waals surface area contributed by atoms with Crippen LogP contribution in [0.2, 0.25) is 0 Å². The molecule has 2 N–H and O–H groups in total. The van der Waals surface area contributed by atoms with Crippen molar-refractivity contribution >= 4 is 16.6 Å². The SMILES string of the molecule is Cn1nnnc1-c1cccc(NCc2cccc3cn[nH]c23)c1. The molecule has 23 heavy (non-hydrogen) atoms. The zero-order valence-corrected chi connectivity index (χ0v) is 12.6. The van der Waals surface area contributed by atoms with Gasteiger partial charge in [0.05, 0.1) is 11.7 Å². The summed E-state index contributed by atoms with van der Waals surface area (Å²) in [5.41, 5.74) is 4.23. The molecule has 4 rings (SSSR count). The van der Waals surface area contributed by atoms with E-state index in [1.54, 1.807) is 4.68 Å². The minimum Gasteiger partial charge on any atom is -0.381 e. The van der Waals surface area contributed by atoms with Gasteiger partial charge < -0.3 is 5.32 Å². The van der Waals surface area contributed by atoms with Crippen molar-refractivity contribution in [2.45, 2.75) is 6.54 Å². The van der Waals surface area contributed by atoms with Crippen molar-refractivity contribution in [1.82, 2.24) is 30.4 Å². The molecule has 0 unspecified atom stereocenters. The molecule has 0 aliphatic rings. The lowest BCUT2D eigenvalue weighted by Gasteiger charge is -2.09. The van der Waals surface area contributed by atoms with Crippen LogP contribution < -0.4 is 5.32 Å². The van der Waals surface area contributed by atoms with Crippen LogP contribution >= 0.6 is 0 Å². The highest BCUT2D eigenvalue weighted by Crippen LogP contribution is 2.21. The number of fused-ring (bicyclic) bond motifs is 1. The fourth-order valence-corrected chi connectivity index (χ4v) is 2.62. The molecule has 0 radical (unpaired) electrons. The summed E-state index contributed by atoms with van der Waals surface area (Å²) in [6.07, 6.45) is 1.83. The van der Waals surface area contributed by atoms with Gasteiger partial charge in [0.2, 0.25) is 0 Å². The first-order chi connectivity index (χ1) is 11.3. The molecule has 0 saturated heterocycles. The Morgan fingerprint density at radius 2 is 2.09 bits per heavy atom. The lowest BCUT2D eigenvalue weighted by molar-refractivity contribution is 0.714. The summed E-state index contributed by atoms with van der Waals surface area (Å²) in [6, 6.07) is 14.2. The summed E-state index contributed by atoms with van der Waals surface area (Å²) in [7, 11) is 1.83. The van der Waals surface area contributed by atoms with Crippen molar-refractivity contribution < 1.29 is 0 Å². The minimum absolute atomic E-state index is 0.708.